The molecule has 0 amide bonds. The van der Waals surface area contributed by atoms with E-state index in [0.717, 1.165) is 16.9 Å². The number of carbonyl (C=O) groups excluding carboxylic acids is 1. The minimum Gasteiger partial charge on any atom is -0.466 e. The molecule has 2 aromatic heterocycles. The van der Waals surface area contributed by atoms with E-state index in [1.807, 2.05) is 29.7 Å². The second-order valence-electron chi connectivity index (χ2n) is 3.67. The summed E-state index contributed by atoms with van der Waals surface area (Å²) in [5, 5.41) is 0. The first kappa shape index (κ1) is 10.7. The van der Waals surface area contributed by atoms with Crippen LogP contribution in [0.1, 0.15) is 18.2 Å². The zero-order valence-electron chi connectivity index (χ0n) is 9.43. The molecular weight excluding hydrogens is 204 g/mol. The summed E-state index contributed by atoms with van der Waals surface area (Å²) in [6, 6.07) is 3.93. The Hall–Kier alpha value is -1.84. The third kappa shape index (κ3) is 2.05. The molecule has 0 unspecified atom stereocenters. The van der Waals surface area contributed by atoms with Crippen LogP contribution in [0.15, 0.2) is 24.5 Å². The van der Waals surface area contributed by atoms with Gasteiger partial charge < -0.3 is 9.14 Å². The molecule has 0 fully saturated rings. The molecule has 0 aromatic carbocycles. The number of fused-ring (bicyclic) bond motifs is 1. The van der Waals surface area contributed by atoms with E-state index in [9.17, 15) is 4.79 Å². The molecule has 0 saturated heterocycles. The third-order valence-corrected chi connectivity index (χ3v) is 2.36. The summed E-state index contributed by atoms with van der Waals surface area (Å²) in [7, 11) is 0. The van der Waals surface area contributed by atoms with Gasteiger partial charge in [0.1, 0.15) is 5.65 Å². The Morgan fingerprint density at radius 2 is 2.31 bits per heavy atom. The molecule has 4 nitrogen and oxygen atoms in total. The molecule has 0 atom stereocenters. The molecule has 0 radical (unpaired) electrons. The SMILES string of the molecule is CCOC(=O)Cc1cnc2ccc(C)cn12. The van der Waals surface area contributed by atoms with Crippen molar-refractivity contribution in [2.24, 2.45) is 0 Å². The highest BCUT2D eigenvalue weighted by Gasteiger charge is 2.09. The van der Waals surface area contributed by atoms with Crippen molar-refractivity contribution in [3.63, 3.8) is 0 Å². The van der Waals surface area contributed by atoms with Crippen LogP contribution in [0.2, 0.25) is 0 Å². The van der Waals surface area contributed by atoms with Gasteiger partial charge in [-0.2, -0.15) is 0 Å². The number of hydrogen-bond donors (Lipinski definition) is 0. The van der Waals surface area contributed by atoms with Crippen molar-refractivity contribution < 1.29 is 9.53 Å². The van der Waals surface area contributed by atoms with E-state index in [1.54, 1.807) is 13.1 Å². The Morgan fingerprint density at radius 1 is 1.50 bits per heavy atom. The number of pyridine rings is 1. The minimum atomic E-state index is -0.217. The molecule has 2 rings (SSSR count). The van der Waals surface area contributed by atoms with Gasteiger partial charge in [-0.15, -0.1) is 0 Å². The van der Waals surface area contributed by atoms with Gasteiger partial charge >= 0.3 is 5.97 Å². The number of carbonyl (C=O) groups is 1. The molecular formula is C12H14N2O2. The second-order valence-corrected chi connectivity index (χ2v) is 3.67. The first-order valence-electron chi connectivity index (χ1n) is 5.29. The lowest BCUT2D eigenvalue weighted by Gasteiger charge is -2.02. The van der Waals surface area contributed by atoms with Crippen molar-refractivity contribution in [2.45, 2.75) is 20.3 Å². The Labute approximate surface area is 93.9 Å². The maximum Gasteiger partial charge on any atom is 0.311 e. The van der Waals surface area contributed by atoms with Crippen molar-refractivity contribution in [1.82, 2.24) is 9.38 Å². The van der Waals surface area contributed by atoms with Gasteiger partial charge in [-0.3, -0.25) is 4.79 Å². The van der Waals surface area contributed by atoms with Gasteiger partial charge in [-0.05, 0) is 25.5 Å². The van der Waals surface area contributed by atoms with Crippen LogP contribution in [0.4, 0.5) is 0 Å². The molecule has 16 heavy (non-hydrogen) atoms. The summed E-state index contributed by atoms with van der Waals surface area (Å²) in [4.78, 5) is 15.6. The normalized spacial score (nSPS) is 10.6. The van der Waals surface area contributed by atoms with E-state index in [2.05, 4.69) is 4.98 Å². The average Bonchev–Trinajstić information content (AvgIpc) is 2.61. The first-order chi connectivity index (χ1) is 7.70. The van der Waals surface area contributed by atoms with Gasteiger partial charge in [-0.1, -0.05) is 6.07 Å². The van der Waals surface area contributed by atoms with Crippen LogP contribution in [-0.2, 0) is 16.0 Å². The topological polar surface area (TPSA) is 43.6 Å². The number of ether oxygens (including phenoxy) is 1. The van der Waals surface area contributed by atoms with Crippen molar-refractivity contribution in [3.05, 3.63) is 35.8 Å². The molecule has 84 valence electrons. The molecule has 2 aromatic rings. The Morgan fingerprint density at radius 3 is 3.06 bits per heavy atom. The van der Waals surface area contributed by atoms with E-state index in [1.165, 1.54) is 0 Å². The predicted octanol–water partition coefficient (Wildman–Crippen LogP) is 1.75. The Kier molecular flexibility index (Phi) is 2.90. The zero-order chi connectivity index (χ0) is 11.5. The number of rotatable bonds is 3. The highest BCUT2D eigenvalue weighted by atomic mass is 16.5. The molecule has 0 saturated carbocycles. The molecule has 0 bridgehead atoms. The smallest absolute Gasteiger partial charge is 0.311 e. The molecule has 0 N–H and O–H groups in total. The quantitative estimate of drug-likeness (QED) is 0.737. The van der Waals surface area contributed by atoms with E-state index in [0.29, 0.717) is 6.61 Å². The van der Waals surface area contributed by atoms with E-state index in [-0.39, 0.29) is 12.4 Å². The lowest BCUT2D eigenvalue weighted by Crippen LogP contribution is -2.09. The molecule has 2 heterocycles. The molecule has 0 spiro atoms. The van der Waals surface area contributed by atoms with Crippen molar-refractivity contribution >= 4 is 11.6 Å². The molecule has 0 aliphatic heterocycles. The summed E-state index contributed by atoms with van der Waals surface area (Å²) in [6.07, 6.45) is 3.95. The van der Waals surface area contributed by atoms with E-state index >= 15 is 0 Å². The van der Waals surface area contributed by atoms with Gasteiger partial charge in [0.25, 0.3) is 0 Å². The van der Waals surface area contributed by atoms with E-state index in [4.69, 9.17) is 4.74 Å². The van der Waals surface area contributed by atoms with Crippen LogP contribution in [0, 0.1) is 6.92 Å². The predicted molar refractivity (Wildman–Crippen MR) is 60.3 cm³/mol. The first-order valence-corrected chi connectivity index (χ1v) is 5.29. The highest BCUT2D eigenvalue weighted by molar-refractivity contribution is 5.72. The molecule has 0 aliphatic carbocycles. The number of aromatic nitrogens is 2. The van der Waals surface area contributed by atoms with Crippen LogP contribution >= 0.6 is 0 Å². The number of imidazole rings is 1. The summed E-state index contributed by atoms with van der Waals surface area (Å²) in [5.74, 6) is -0.217. The summed E-state index contributed by atoms with van der Waals surface area (Å²) in [6.45, 7) is 4.22. The van der Waals surface area contributed by atoms with Gasteiger partial charge in [0.2, 0.25) is 0 Å². The Balaban J connectivity index is 2.30. The van der Waals surface area contributed by atoms with Gasteiger partial charge in [0, 0.05) is 12.4 Å². The van der Waals surface area contributed by atoms with Gasteiger partial charge in [-0.25, -0.2) is 4.98 Å². The summed E-state index contributed by atoms with van der Waals surface area (Å²) < 4.78 is 6.84. The molecule has 0 aliphatic rings. The van der Waals surface area contributed by atoms with Crippen molar-refractivity contribution in [2.75, 3.05) is 6.61 Å². The maximum atomic E-state index is 11.4. The van der Waals surface area contributed by atoms with Gasteiger partial charge in [0.15, 0.2) is 0 Å². The van der Waals surface area contributed by atoms with Crippen LogP contribution in [0.5, 0.6) is 0 Å². The summed E-state index contributed by atoms with van der Waals surface area (Å²) >= 11 is 0. The largest absolute Gasteiger partial charge is 0.466 e. The number of hydrogen-bond acceptors (Lipinski definition) is 3. The minimum absolute atomic E-state index is 0.217. The number of aryl methyl sites for hydroxylation is 1. The number of esters is 1. The lowest BCUT2D eigenvalue weighted by molar-refractivity contribution is -0.142. The Bertz CT molecular complexity index is 517. The van der Waals surface area contributed by atoms with Crippen LogP contribution in [-0.4, -0.2) is 22.0 Å². The second kappa shape index (κ2) is 4.35. The lowest BCUT2D eigenvalue weighted by atomic mass is 10.3. The van der Waals surface area contributed by atoms with Gasteiger partial charge in [0.05, 0.1) is 18.7 Å². The van der Waals surface area contributed by atoms with Crippen LogP contribution < -0.4 is 0 Å². The van der Waals surface area contributed by atoms with Crippen LogP contribution in [0.3, 0.4) is 0 Å². The average molecular weight is 218 g/mol. The number of nitrogens with zero attached hydrogens (tertiary/aromatic N) is 2. The third-order valence-electron chi connectivity index (χ3n) is 2.36. The maximum absolute atomic E-state index is 11.4. The van der Waals surface area contributed by atoms with Crippen molar-refractivity contribution in [3.8, 4) is 0 Å². The van der Waals surface area contributed by atoms with Crippen molar-refractivity contribution in [1.29, 1.82) is 0 Å². The fourth-order valence-corrected chi connectivity index (χ4v) is 1.63. The highest BCUT2D eigenvalue weighted by Crippen LogP contribution is 2.09. The standard InChI is InChI=1S/C12H14N2O2/c1-3-16-12(15)6-10-7-13-11-5-4-9(2)8-14(10)11/h4-5,7-8H,3,6H2,1-2H3. The monoisotopic (exact) mass is 218 g/mol. The van der Waals surface area contributed by atoms with E-state index < -0.39 is 0 Å². The molecule has 4 heteroatoms. The van der Waals surface area contributed by atoms with Crippen LogP contribution in [0.25, 0.3) is 5.65 Å². The zero-order valence-corrected chi connectivity index (χ0v) is 9.43. The fraction of sp³-hybridized carbons (Fsp3) is 0.333. The summed E-state index contributed by atoms with van der Waals surface area (Å²) in [5.41, 5.74) is 2.85. The fourth-order valence-electron chi connectivity index (χ4n) is 1.63.